The molecule has 2 atom stereocenters. The van der Waals surface area contributed by atoms with Gasteiger partial charge >= 0.3 is 0 Å². The van der Waals surface area contributed by atoms with E-state index in [1.807, 2.05) is 0 Å². The quantitative estimate of drug-likeness (QED) is 0.645. The van der Waals surface area contributed by atoms with Crippen molar-refractivity contribution < 1.29 is 14.8 Å². The van der Waals surface area contributed by atoms with Crippen molar-refractivity contribution in [2.24, 2.45) is 0 Å². The number of hydrogen-bond acceptors (Lipinski definition) is 4. The number of rotatable bonds is 4. The maximum absolute atomic E-state index is 10.6. The molecule has 0 aliphatic carbocycles. The molecule has 17 heavy (non-hydrogen) atoms. The zero-order valence-electron chi connectivity index (χ0n) is 9.63. The van der Waals surface area contributed by atoms with Crippen molar-refractivity contribution in [2.75, 3.05) is 0 Å². The third-order valence-electron chi connectivity index (χ3n) is 3.00. The van der Waals surface area contributed by atoms with Crippen LogP contribution in [0.25, 0.3) is 0 Å². The van der Waals surface area contributed by atoms with Crippen molar-refractivity contribution in [3.05, 3.63) is 33.9 Å². The van der Waals surface area contributed by atoms with Gasteiger partial charge in [0, 0.05) is 17.7 Å². The van der Waals surface area contributed by atoms with Crippen LogP contribution in [0.15, 0.2) is 18.2 Å². The van der Waals surface area contributed by atoms with Crippen molar-refractivity contribution in [1.29, 1.82) is 0 Å². The van der Waals surface area contributed by atoms with Gasteiger partial charge in [0.05, 0.1) is 4.92 Å². The van der Waals surface area contributed by atoms with E-state index in [1.54, 1.807) is 6.07 Å². The van der Waals surface area contributed by atoms with Gasteiger partial charge in [0.1, 0.15) is 18.0 Å². The standard InChI is InChI=1S/C12H15NO4/c1-2-3-4-11-12(14)9-7-8(13(15)16)5-6-10(9)17-11/h5-7,11-12,14H,2-4H2,1H3. The molecule has 0 fully saturated rings. The fraction of sp³-hybridized carbons (Fsp3) is 0.500. The second-order valence-corrected chi connectivity index (χ2v) is 4.22. The van der Waals surface area contributed by atoms with Gasteiger partial charge in [-0.3, -0.25) is 10.1 Å². The summed E-state index contributed by atoms with van der Waals surface area (Å²) in [6.45, 7) is 2.07. The minimum atomic E-state index is -0.753. The van der Waals surface area contributed by atoms with Gasteiger partial charge in [-0.05, 0) is 18.9 Å². The molecule has 1 N–H and O–H groups in total. The first-order valence-electron chi connectivity index (χ1n) is 5.76. The number of nitro benzene ring substituents is 1. The molecular weight excluding hydrogens is 222 g/mol. The highest BCUT2D eigenvalue weighted by molar-refractivity contribution is 5.47. The minimum absolute atomic E-state index is 0.0115. The summed E-state index contributed by atoms with van der Waals surface area (Å²) in [4.78, 5) is 10.2. The molecule has 0 amide bonds. The van der Waals surface area contributed by atoms with Crippen molar-refractivity contribution in [3.8, 4) is 5.75 Å². The van der Waals surface area contributed by atoms with E-state index in [1.165, 1.54) is 12.1 Å². The Morgan fingerprint density at radius 1 is 1.53 bits per heavy atom. The van der Waals surface area contributed by atoms with Gasteiger partial charge < -0.3 is 9.84 Å². The Labute approximate surface area is 99.2 Å². The van der Waals surface area contributed by atoms with Gasteiger partial charge in [-0.2, -0.15) is 0 Å². The Kier molecular flexibility index (Phi) is 3.28. The Morgan fingerprint density at radius 3 is 2.94 bits per heavy atom. The second kappa shape index (κ2) is 4.71. The number of aliphatic hydroxyl groups excluding tert-OH is 1. The van der Waals surface area contributed by atoms with Crippen LogP contribution < -0.4 is 4.74 Å². The van der Waals surface area contributed by atoms with E-state index >= 15 is 0 Å². The van der Waals surface area contributed by atoms with Crippen LogP contribution in [0, 0.1) is 10.1 Å². The van der Waals surface area contributed by atoms with Crippen LogP contribution in [0.5, 0.6) is 5.75 Å². The number of nitro groups is 1. The molecule has 2 unspecified atom stereocenters. The van der Waals surface area contributed by atoms with Crippen molar-refractivity contribution in [3.63, 3.8) is 0 Å². The first-order chi connectivity index (χ1) is 8.13. The summed E-state index contributed by atoms with van der Waals surface area (Å²) in [5, 5.41) is 20.7. The highest BCUT2D eigenvalue weighted by Crippen LogP contribution is 2.40. The zero-order chi connectivity index (χ0) is 12.4. The second-order valence-electron chi connectivity index (χ2n) is 4.22. The molecule has 5 heteroatoms. The lowest BCUT2D eigenvalue weighted by Crippen LogP contribution is -2.18. The van der Waals surface area contributed by atoms with Gasteiger partial charge in [0.2, 0.25) is 0 Å². The van der Waals surface area contributed by atoms with Crippen LogP contribution in [0.4, 0.5) is 5.69 Å². The number of aliphatic hydroxyl groups is 1. The molecule has 0 aromatic heterocycles. The number of hydrogen-bond donors (Lipinski definition) is 1. The number of non-ortho nitro benzene ring substituents is 1. The smallest absolute Gasteiger partial charge is 0.270 e. The number of unbranched alkanes of at least 4 members (excludes halogenated alkanes) is 1. The van der Waals surface area contributed by atoms with Crippen molar-refractivity contribution in [2.45, 2.75) is 38.4 Å². The van der Waals surface area contributed by atoms with Crippen LogP contribution >= 0.6 is 0 Å². The maximum Gasteiger partial charge on any atom is 0.270 e. The summed E-state index contributed by atoms with van der Waals surface area (Å²) in [7, 11) is 0. The Balaban J connectivity index is 2.20. The first kappa shape index (κ1) is 11.9. The summed E-state index contributed by atoms with van der Waals surface area (Å²) >= 11 is 0. The number of ether oxygens (including phenoxy) is 1. The predicted molar refractivity (Wildman–Crippen MR) is 62.0 cm³/mol. The van der Waals surface area contributed by atoms with E-state index in [0.717, 1.165) is 19.3 Å². The molecular formula is C12H15NO4. The molecule has 1 aliphatic heterocycles. The Hall–Kier alpha value is -1.62. The summed E-state index contributed by atoms with van der Waals surface area (Å²) < 4.78 is 5.58. The van der Waals surface area contributed by atoms with Crippen molar-refractivity contribution >= 4 is 5.69 Å². The molecule has 1 aliphatic rings. The van der Waals surface area contributed by atoms with E-state index in [9.17, 15) is 15.2 Å². The lowest BCUT2D eigenvalue weighted by molar-refractivity contribution is -0.385. The topological polar surface area (TPSA) is 72.6 Å². The molecule has 92 valence electrons. The lowest BCUT2D eigenvalue weighted by Gasteiger charge is -2.13. The third kappa shape index (κ3) is 2.24. The van der Waals surface area contributed by atoms with Crippen LogP contribution in [-0.2, 0) is 0 Å². The zero-order valence-corrected chi connectivity index (χ0v) is 9.63. The average Bonchev–Trinajstić information content (AvgIpc) is 2.63. The summed E-state index contributed by atoms with van der Waals surface area (Å²) in [5.41, 5.74) is 0.517. The highest BCUT2D eigenvalue weighted by atomic mass is 16.6. The van der Waals surface area contributed by atoms with E-state index in [0.29, 0.717) is 11.3 Å². The van der Waals surface area contributed by atoms with Crippen LogP contribution in [0.1, 0.15) is 37.9 Å². The summed E-state index contributed by atoms with van der Waals surface area (Å²) in [5.74, 6) is 0.559. The van der Waals surface area contributed by atoms with Gasteiger partial charge in [-0.1, -0.05) is 13.3 Å². The molecule has 0 saturated heterocycles. The molecule has 0 bridgehead atoms. The van der Waals surface area contributed by atoms with E-state index in [-0.39, 0.29) is 11.8 Å². The molecule has 2 rings (SSSR count). The normalized spacial score (nSPS) is 22.0. The van der Waals surface area contributed by atoms with E-state index in [2.05, 4.69) is 6.92 Å². The molecule has 1 aromatic carbocycles. The first-order valence-corrected chi connectivity index (χ1v) is 5.76. The van der Waals surface area contributed by atoms with E-state index in [4.69, 9.17) is 4.74 Å². The number of benzene rings is 1. The van der Waals surface area contributed by atoms with Gasteiger partial charge in [0.25, 0.3) is 5.69 Å². The lowest BCUT2D eigenvalue weighted by atomic mass is 10.0. The number of nitrogens with zero attached hydrogens (tertiary/aromatic N) is 1. The summed E-state index contributed by atoms with van der Waals surface area (Å²) in [6, 6.07) is 4.35. The van der Waals surface area contributed by atoms with Crippen LogP contribution in [0.3, 0.4) is 0 Å². The molecule has 1 heterocycles. The van der Waals surface area contributed by atoms with E-state index < -0.39 is 11.0 Å². The van der Waals surface area contributed by atoms with Gasteiger partial charge in [0.15, 0.2) is 0 Å². The molecule has 0 radical (unpaired) electrons. The fourth-order valence-corrected chi connectivity index (χ4v) is 2.04. The highest BCUT2D eigenvalue weighted by Gasteiger charge is 2.33. The summed E-state index contributed by atoms with van der Waals surface area (Å²) in [6.07, 6.45) is 1.74. The molecule has 0 spiro atoms. The Bertz CT molecular complexity index is 433. The predicted octanol–water partition coefficient (Wildman–Crippen LogP) is 2.58. The minimum Gasteiger partial charge on any atom is -0.487 e. The molecule has 0 saturated carbocycles. The Morgan fingerprint density at radius 2 is 2.29 bits per heavy atom. The largest absolute Gasteiger partial charge is 0.487 e. The van der Waals surface area contributed by atoms with Crippen LogP contribution in [0.2, 0.25) is 0 Å². The maximum atomic E-state index is 10.6. The molecule has 1 aromatic rings. The van der Waals surface area contributed by atoms with Gasteiger partial charge in [-0.15, -0.1) is 0 Å². The SMILES string of the molecule is CCCCC1Oc2ccc([N+](=O)[O-])cc2C1O. The monoisotopic (exact) mass is 237 g/mol. The number of fused-ring (bicyclic) bond motifs is 1. The average molecular weight is 237 g/mol. The fourth-order valence-electron chi connectivity index (χ4n) is 2.04. The third-order valence-corrected chi connectivity index (χ3v) is 3.00. The van der Waals surface area contributed by atoms with Gasteiger partial charge in [-0.25, -0.2) is 0 Å². The molecule has 5 nitrogen and oxygen atoms in total. The van der Waals surface area contributed by atoms with Crippen molar-refractivity contribution in [1.82, 2.24) is 0 Å². The van der Waals surface area contributed by atoms with Crippen LogP contribution in [-0.4, -0.2) is 16.1 Å².